The molecule has 0 aliphatic carbocycles. The second-order valence-corrected chi connectivity index (χ2v) is 10.3. The van der Waals surface area contributed by atoms with E-state index in [4.69, 9.17) is 16.3 Å². The van der Waals surface area contributed by atoms with E-state index in [1.807, 2.05) is 36.4 Å². The van der Waals surface area contributed by atoms with Crippen molar-refractivity contribution in [1.29, 1.82) is 0 Å². The summed E-state index contributed by atoms with van der Waals surface area (Å²) in [5.74, 6) is 0.396. The topological polar surface area (TPSA) is 88.6 Å². The minimum Gasteiger partial charge on any atom is -0.497 e. The van der Waals surface area contributed by atoms with E-state index in [2.05, 4.69) is 9.71 Å². The molecule has 174 valence electrons. The van der Waals surface area contributed by atoms with Gasteiger partial charge in [-0.05, 0) is 65.2 Å². The van der Waals surface area contributed by atoms with Crippen molar-refractivity contribution in [2.45, 2.75) is 23.9 Å². The molecule has 0 spiro atoms. The van der Waals surface area contributed by atoms with Gasteiger partial charge in [0, 0.05) is 18.5 Å². The maximum atomic E-state index is 13.1. The predicted molar refractivity (Wildman–Crippen MR) is 131 cm³/mol. The highest BCUT2D eigenvalue weighted by atomic mass is 35.5. The zero-order chi connectivity index (χ0) is 23.9. The fraction of sp³-hybridized carbons (Fsp3) is 0.200. The SMILES string of the molecule is COc1ccc2ccc(S(=O)(=O)N[C@H]3CCN(Cc4cccc5nc(Cl)ccc45)C3=O)cc2c1. The molecule has 1 aromatic heterocycles. The second kappa shape index (κ2) is 8.87. The van der Waals surface area contributed by atoms with Gasteiger partial charge in [0.2, 0.25) is 15.9 Å². The van der Waals surface area contributed by atoms with Crippen molar-refractivity contribution >= 4 is 49.2 Å². The Balaban J connectivity index is 1.34. The molecule has 0 bridgehead atoms. The number of sulfonamides is 1. The van der Waals surface area contributed by atoms with Crippen molar-refractivity contribution in [3.63, 3.8) is 0 Å². The maximum absolute atomic E-state index is 13.1. The molecule has 1 aliphatic rings. The molecule has 0 radical (unpaired) electrons. The average molecular weight is 496 g/mol. The van der Waals surface area contributed by atoms with Crippen molar-refractivity contribution in [3.05, 3.63) is 77.4 Å². The van der Waals surface area contributed by atoms with Crippen molar-refractivity contribution < 1.29 is 17.9 Å². The molecule has 1 amide bonds. The Kier molecular flexibility index (Phi) is 5.89. The number of ether oxygens (including phenoxy) is 1. The molecule has 4 aromatic rings. The lowest BCUT2D eigenvalue weighted by Gasteiger charge is -2.18. The summed E-state index contributed by atoms with van der Waals surface area (Å²) in [5.41, 5.74) is 1.68. The molecule has 1 fully saturated rings. The Morgan fingerprint density at radius 1 is 1.09 bits per heavy atom. The summed E-state index contributed by atoms with van der Waals surface area (Å²) in [7, 11) is -2.33. The number of halogens is 1. The lowest BCUT2D eigenvalue weighted by molar-refractivity contribution is -0.129. The van der Waals surface area contributed by atoms with Gasteiger partial charge in [-0.25, -0.2) is 13.4 Å². The van der Waals surface area contributed by atoms with Gasteiger partial charge in [-0.15, -0.1) is 0 Å². The molecule has 1 N–H and O–H groups in total. The highest BCUT2D eigenvalue weighted by Crippen LogP contribution is 2.26. The largest absolute Gasteiger partial charge is 0.497 e. The van der Waals surface area contributed by atoms with Gasteiger partial charge in [0.1, 0.15) is 16.9 Å². The molecule has 1 aliphatic heterocycles. The van der Waals surface area contributed by atoms with Crippen LogP contribution in [0.2, 0.25) is 5.15 Å². The summed E-state index contributed by atoms with van der Waals surface area (Å²) in [6.07, 6.45) is 0.397. The number of carbonyl (C=O) groups excluding carboxylic acids is 1. The number of carbonyl (C=O) groups is 1. The Bertz CT molecular complexity index is 1520. The van der Waals surface area contributed by atoms with E-state index >= 15 is 0 Å². The average Bonchev–Trinajstić information content (AvgIpc) is 3.16. The van der Waals surface area contributed by atoms with Gasteiger partial charge in [0.25, 0.3) is 0 Å². The molecule has 0 saturated carbocycles. The summed E-state index contributed by atoms with van der Waals surface area (Å²) in [5, 5.41) is 2.96. The molecular weight excluding hydrogens is 474 g/mol. The Morgan fingerprint density at radius 3 is 2.74 bits per heavy atom. The number of nitrogens with one attached hydrogen (secondary N) is 1. The number of aromatic nitrogens is 1. The van der Waals surface area contributed by atoms with Crippen molar-refractivity contribution in [2.75, 3.05) is 13.7 Å². The summed E-state index contributed by atoms with van der Waals surface area (Å²) in [6.45, 7) is 0.825. The lowest BCUT2D eigenvalue weighted by Crippen LogP contribution is -2.41. The van der Waals surface area contributed by atoms with Gasteiger partial charge in [-0.3, -0.25) is 4.79 Å². The number of pyridine rings is 1. The number of methoxy groups -OCH3 is 1. The molecule has 0 unspecified atom stereocenters. The minimum absolute atomic E-state index is 0.108. The molecular formula is C25H22ClN3O4S. The first-order chi connectivity index (χ1) is 16.3. The van der Waals surface area contributed by atoms with Crippen molar-refractivity contribution in [1.82, 2.24) is 14.6 Å². The zero-order valence-electron chi connectivity index (χ0n) is 18.4. The monoisotopic (exact) mass is 495 g/mol. The van der Waals surface area contributed by atoms with Gasteiger partial charge in [0.05, 0.1) is 17.5 Å². The summed E-state index contributed by atoms with van der Waals surface area (Å²) < 4.78 is 34.0. The van der Waals surface area contributed by atoms with Crippen LogP contribution in [0.5, 0.6) is 5.75 Å². The Morgan fingerprint density at radius 2 is 1.91 bits per heavy atom. The number of hydrogen-bond acceptors (Lipinski definition) is 5. The lowest BCUT2D eigenvalue weighted by atomic mass is 10.1. The fourth-order valence-electron chi connectivity index (χ4n) is 4.29. The third-order valence-corrected chi connectivity index (χ3v) is 7.75. The Labute approximate surface area is 202 Å². The first kappa shape index (κ1) is 22.6. The number of hydrogen-bond donors (Lipinski definition) is 1. The summed E-state index contributed by atoms with van der Waals surface area (Å²) in [6, 6.07) is 18.8. The van der Waals surface area contributed by atoms with Crippen LogP contribution in [0.4, 0.5) is 0 Å². The highest BCUT2D eigenvalue weighted by Gasteiger charge is 2.35. The second-order valence-electron chi connectivity index (χ2n) is 8.22. The summed E-state index contributed by atoms with van der Waals surface area (Å²) >= 11 is 6.00. The number of rotatable bonds is 6. The molecule has 7 nitrogen and oxygen atoms in total. The smallest absolute Gasteiger partial charge is 0.241 e. The van der Waals surface area contributed by atoms with E-state index in [1.165, 1.54) is 0 Å². The van der Waals surface area contributed by atoms with Gasteiger partial charge in [-0.2, -0.15) is 4.72 Å². The van der Waals surface area contributed by atoms with E-state index in [0.29, 0.717) is 30.4 Å². The van der Waals surface area contributed by atoms with E-state index in [9.17, 15) is 13.2 Å². The Hall–Kier alpha value is -3.20. The van der Waals surface area contributed by atoms with Crippen LogP contribution in [0.1, 0.15) is 12.0 Å². The predicted octanol–water partition coefficient (Wildman–Crippen LogP) is 4.13. The van der Waals surface area contributed by atoms with Crippen molar-refractivity contribution in [2.24, 2.45) is 0 Å². The minimum atomic E-state index is -3.89. The van der Waals surface area contributed by atoms with Crippen LogP contribution in [0.15, 0.2) is 71.6 Å². The molecule has 34 heavy (non-hydrogen) atoms. The number of amides is 1. The van der Waals surface area contributed by atoms with Crippen LogP contribution < -0.4 is 9.46 Å². The zero-order valence-corrected chi connectivity index (χ0v) is 19.9. The van der Waals surface area contributed by atoms with Crippen LogP contribution >= 0.6 is 11.6 Å². The summed E-state index contributed by atoms with van der Waals surface area (Å²) in [4.78, 5) is 19.1. The number of nitrogens with zero attached hydrogens (tertiary/aromatic N) is 2. The highest BCUT2D eigenvalue weighted by molar-refractivity contribution is 7.89. The molecule has 1 atom stereocenters. The fourth-order valence-corrected chi connectivity index (χ4v) is 5.71. The number of likely N-dealkylation sites (tertiary alicyclic amines) is 1. The quantitative estimate of drug-likeness (QED) is 0.406. The van der Waals surface area contributed by atoms with Crippen LogP contribution in [-0.2, 0) is 21.4 Å². The van der Waals surface area contributed by atoms with Gasteiger partial charge in [0.15, 0.2) is 0 Å². The number of fused-ring (bicyclic) bond motifs is 2. The van der Waals surface area contributed by atoms with Crippen LogP contribution in [0.25, 0.3) is 21.7 Å². The van der Waals surface area contributed by atoms with Crippen molar-refractivity contribution in [3.8, 4) is 5.75 Å². The molecule has 1 saturated heterocycles. The molecule has 3 aromatic carbocycles. The first-order valence-electron chi connectivity index (χ1n) is 10.8. The molecule has 9 heteroatoms. The van der Waals surface area contributed by atoms with Gasteiger partial charge >= 0.3 is 0 Å². The van der Waals surface area contributed by atoms with Gasteiger partial charge in [-0.1, -0.05) is 35.9 Å². The normalized spacial score (nSPS) is 16.5. The maximum Gasteiger partial charge on any atom is 0.241 e. The first-order valence-corrected chi connectivity index (χ1v) is 12.6. The van der Waals surface area contributed by atoms with Crippen LogP contribution in [-0.4, -0.2) is 43.9 Å². The third kappa shape index (κ3) is 4.32. The molecule has 5 rings (SSSR count). The van der Waals surface area contributed by atoms with Crippen LogP contribution in [0, 0.1) is 0 Å². The van der Waals surface area contributed by atoms with E-state index < -0.39 is 16.1 Å². The van der Waals surface area contributed by atoms with Crippen LogP contribution in [0.3, 0.4) is 0 Å². The van der Waals surface area contributed by atoms with E-state index in [-0.39, 0.29) is 10.8 Å². The van der Waals surface area contributed by atoms with Gasteiger partial charge < -0.3 is 9.64 Å². The van der Waals surface area contributed by atoms with E-state index in [1.54, 1.807) is 42.3 Å². The third-order valence-electron chi connectivity index (χ3n) is 6.07. The number of benzene rings is 3. The van der Waals surface area contributed by atoms with E-state index in [0.717, 1.165) is 27.2 Å². The standard InChI is InChI=1S/C25H22ClN3O4S/c1-33-19-7-5-16-6-8-20(14-18(16)13-19)34(31,32)28-23-11-12-29(25(23)30)15-17-3-2-4-22-21(17)9-10-24(26)27-22/h2-10,13-14,23,28H,11-12,15H2,1H3/t23-/m0/s1. The molecule has 2 heterocycles.